The quantitative estimate of drug-likeness (QED) is 0.356. The first kappa shape index (κ1) is 23.2. The molecule has 36 heavy (non-hydrogen) atoms. The first-order valence-electron chi connectivity index (χ1n) is 11.6. The Morgan fingerprint density at radius 3 is 2.58 bits per heavy atom. The number of amides is 2. The maximum Gasteiger partial charge on any atom is 0.375 e. The van der Waals surface area contributed by atoms with E-state index in [1.807, 2.05) is 48.5 Å². The van der Waals surface area contributed by atoms with Gasteiger partial charge in [0, 0.05) is 29.7 Å². The molecule has 0 saturated carbocycles. The number of furan rings is 1. The topological polar surface area (TPSA) is 98.1 Å². The first-order chi connectivity index (χ1) is 17.6. The van der Waals surface area contributed by atoms with E-state index in [0.717, 1.165) is 17.5 Å². The minimum Gasteiger partial charge on any atom is -0.489 e. The zero-order valence-electron chi connectivity index (χ0n) is 19.4. The van der Waals surface area contributed by atoms with Gasteiger partial charge < -0.3 is 24.1 Å². The van der Waals surface area contributed by atoms with Crippen LogP contribution in [0.3, 0.4) is 0 Å². The molecule has 0 radical (unpaired) electrons. The minimum absolute atomic E-state index is 0.00512. The summed E-state index contributed by atoms with van der Waals surface area (Å²) in [5.74, 6) is -0.560. The number of para-hydroxylation sites is 2. The lowest BCUT2D eigenvalue weighted by molar-refractivity contribution is -0.119. The molecule has 0 unspecified atom stereocenters. The maximum atomic E-state index is 12.9. The van der Waals surface area contributed by atoms with Crippen molar-refractivity contribution in [2.24, 2.45) is 0 Å². The molecule has 8 nitrogen and oxygen atoms in total. The first-order valence-corrected chi connectivity index (χ1v) is 11.6. The number of nitrogens with zero attached hydrogens (tertiary/aromatic N) is 1. The highest BCUT2D eigenvalue weighted by molar-refractivity contribution is 5.99. The number of nitrogens with one attached hydrogen (secondary N) is 1. The van der Waals surface area contributed by atoms with Gasteiger partial charge in [0.2, 0.25) is 11.7 Å². The summed E-state index contributed by atoms with van der Waals surface area (Å²) in [5.41, 5.74) is 2.29. The lowest BCUT2D eigenvalue weighted by atomic mass is 10.1. The summed E-state index contributed by atoms with van der Waals surface area (Å²) in [5, 5.41) is 3.44. The number of carbonyl (C=O) groups excluding carboxylic acids is 3. The van der Waals surface area contributed by atoms with E-state index in [2.05, 4.69) is 5.32 Å². The second kappa shape index (κ2) is 10.4. The van der Waals surface area contributed by atoms with Crippen LogP contribution in [-0.4, -0.2) is 30.9 Å². The van der Waals surface area contributed by atoms with Gasteiger partial charge in [-0.15, -0.1) is 0 Å². The van der Waals surface area contributed by atoms with Crippen LogP contribution in [0.5, 0.6) is 5.75 Å². The average Bonchev–Trinajstić information content (AvgIpc) is 3.50. The van der Waals surface area contributed by atoms with Crippen molar-refractivity contribution >= 4 is 40.1 Å². The molecule has 1 N–H and O–H groups in total. The second-order valence-corrected chi connectivity index (χ2v) is 8.33. The van der Waals surface area contributed by atoms with Crippen molar-refractivity contribution in [3.8, 4) is 5.75 Å². The van der Waals surface area contributed by atoms with Crippen LogP contribution in [0.15, 0.2) is 83.3 Å². The molecule has 0 atom stereocenters. The van der Waals surface area contributed by atoms with Gasteiger partial charge in [0.15, 0.2) is 6.61 Å². The van der Waals surface area contributed by atoms with E-state index in [1.165, 1.54) is 0 Å². The normalized spacial score (nSPS) is 13.1. The van der Waals surface area contributed by atoms with E-state index in [-0.39, 0.29) is 18.3 Å². The smallest absolute Gasteiger partial charge is 0.375 e. The van der Waals surface area contributed by atoms with Gasteiger partial charge in [0.05, 0.1) is 5.56 Å². The molecule has 0 aliphatic carbocycles. The van der Waals surface area contributed by atoms with Gasteiger partial charge in [-0.2, -0.15) is 0 Å². The molecule has 5 rings (SSSR count). The monoisotopic (exact) mass is 484 g/mol. The van der Waals surface area contributed by atoms with Crippen LogP contribution < -0.4 is 15.0 Å². The summed E-state index contributed by atoms with van der Waals surface area (Å²) in [7, 11) is 0. The number of ether oxygens (including phenoxy) is 2. The molecule has 4 aromatic rings. The number of esters is 1. The van der Waals surface area contributed by atoms with Crippen molar-refractivity contribution < 1.29 is 28.3 Å². The van der Waals surface area contributed by atoms with Crippen LogP contribution in [0.2, 0.25) is 0 Å². The third kappa shape index (κ3) is 5.07. The molecule has 1 aliphatic rings. The summed E-state index contributed by atoms with van der Waals surface area (Å²) in [4.78, 5) is 39.1. The van der Waals surface area contributed by atoms with Gasteiger partial charge in [0.25, 0.3) is 5.91 Å². The molecular weight excluding hydrogens is 460 g/mol. The highest BCUT2D eigenvalue weighted by atomic mass is 16.5. The lowest BCUT2D eigenvalue weighted by Gasteiger charge is -2.16. The van der Waals surface area contributed by atoms with Crippen molar-refractivity contribution in [1.29, 1.82) is 0 Å². The Morgan fingerprint density at radius 1 is 0.972 bits per heavy atom. The van der Waals surface area contributed by atoms with Crippen LogP contribution in [0.4, 0.5) is 11.4 Å². The van der Waals surface area contributed by atoms with E-state index >= 15 is 0 Å². The lowest BCUT2D eigenvalue weighted by Crippen LogP contribution is -2.24. The highest BCUT2D eigenvalue weighted by Crippen LogP contribution is 2.28. The largest absolute Gasteiger partial charge is 0.489 e. The molecule has 1 fully saturated rings. The van der Waals surface area contributed by atoms with Gasteiger partial charge in [-0.1, -0.05) is 42.5 Å². The fourth-order valence-corrected chi connectivity index (χ4v) is 4.15. The van der Waals surface area contributed by atoms with E-state index in [9.17, 15) is 14.4 Å². The Kier molecular flexibility index (Phi) is 6.66. The third-order valence-corrected chi connectivity index (χ3v) is 5.86. The number of benzene rings is 3. The number of fused-ring (bicyclic) bond motifs is 1. The Hall–Kier alpha value is -4.59. The molecule has 3 aromatic carbocycles. The van der Waals surface area contributed by atoms with Crippen LogP contribution in [-0.2, 0) is 20.9 Å². The van der Waals surface area contributed by atoms with Gasteiger partial charge in [-0.05, 0) is 42.8 Å². The van der Waals surface area contributed by atoms with E-state index in [0.29, 0.717) is 35.5 Å². The minimum atomic E-state index is -0.760. The summed E-state index contributed by atoms with van der Waals surface area (Å²) >= 11 is 0. The Balaban J connectivity index is 1.25. The molecule has 1 aromatic heterocycles. The SMILES string of the molecule is O=C(COC(=O)c1oc2ccccc2c1COc1ccccc1)Nc1cccc(N2CCCC2=O)c1. The Morgan fingerprint density at radius 2 is 1.78 bits per heavy atom. The second-order valence-electron chi connectivity index (χ2n) is 8.33. The van der Waals surface area contributed by atoms with Crippen molar-refractivity contribution in [1.82, 2.24) is 0 Å². The van der Waals surface area contributed by atoms with Gasteiger partial charge in [-0.25, -0.2) is 4.79 Å². The number of hydrogen-bond acceptors (Lipinski definition) is 6. The van der Waals surface area contributed by atoms with E-state index < -0.39 is 18.5 Å². The predicted molar refractivity (Wildman–Crippen MR) is 134 cm³/mol. The molecular formula is C28H24N2O6. The fraction of sp³-hybridized carbons (Fsp3) is 0.179. The van der Waals surface area contributed by atoms with E-state index in [4.69, 9.17) is 13.9 Å². The number of anilines is 2. The maximum absolute atomic E-state index is 12.9. The molecule has 2 amide bonds. The van der Waals surface area contributed by atoms with Crippen molar-refractivity contribution in [2.45, 2.75) is 19.4 Å². The van der Waals surface area contributed by atoms with Gasteiger partial charge in [-0.3, -0.25) is 9.59 Å². The summed E-state index contributed by atoms with van der Waals surface area (Å²) < 4.78 is 16.9. The molecule has 1 aliphatic heterocycles. The zero-order chi connectivity index (χ0) is 24.9. The highest BCUT2D eigenvalue weighted by Gasteiger charge is 2.24. The summed E-state index contributed by atoms with van der Waals surface area (Å²) in [6.45, 7) is 0.253. The van der Waals surface area contributed by atoms with Gasteiger partial charge in [0.1, 0.15) is 17.9 Å². The molecule has 8 heteroatoms. The molecule has 0 spiro atoms. The number of rotatable bonds is 8. The third-order valence-electron chi connectivity index (χ3n) is 5.86. The van der Waals surface area contributed by atoms with Gasteiger partial charge >= 0.3 is 5.97 Å². The van der Waals surface area contributed by atoms with Crippen LogP contribution in [0.1, 0.15) is 29.0 Å². The van der Waals surface area contributed by atoms with E-state index in [1.54, 1.807) is 35.2 Å². The van der Waals surface area contributed by atoms with Crippen molar-refractivity contribution in [2.75, 3.05) is 23.4 Å². The average molecular weight is 485 g/mol. The summed E-state index contributed by atoms with van der Waals surface area (Å²) in [6.07, 6.45) is 1.33. The predicted octanol–water partition coefficient (Wildman–Crippen LogP) is 4.93. The fourth-order valence-electron chi connectivity index (χ4n) is 4.15. The molecule has 0 bridgehead atoms. The number of carbonyl (C=O) groups is 3. The molecule has 1 saturated heterocycles. The Labute approximate surface area is 207 Å². The Bertz CT molecular complexity index is 1410. The number of hydrogen-bond donors (Lipinski definition) is 1. The van der Waals surface area contributed by atoms with Crippen molar-refractivity contribution in [3.05, 3.63) is 90.2 Å². The molecule has 2 heterocycles. The van der Waals surface area contributed by atoms with Crippen LogP contribution in [0, 0.1) is 0 Å². The molecule has 182 valence electrons. The summed E-state index contributed by atoms with van der Waals surface area (Å²) in [6, 6.07) is 23.5. The van der Waals surface area contributed by atoms with Crippen LogP contribution >= 0.6 is 0 Å². The zero-order valence-corrected chi connectivity index (χ0v) is 19.4. The van der Waals surface area contributed by atoms with Crippen LogP contribution in [0.25, 0.3) is 11.0 Å². The standard InChI is InChI=1S/C28H24N2O6/c31-25(29-19-8-6-9-20(16-19)30-15-7-14-26(30)32)18-35-28(33)27-23(17-34-21-10-2-1-3-11-21)22-12-4-5-13-24(22)36-27/h1-6,8-13,16H,7,14-15,17-18H2,(H,29,31). The van der Waals surface area contributed by atoms with Crippen molar-refractivity contribution in [3.63, 3.8) is 0 Å².